The highest BCUT2D eigenvalue weighted by molar-refractivity contribution is 6.36. The number of hydrogen-bond donors (Lipinski definition) is 0. The lowest BCUT2D eigenvalue weighted by molar-refractivity contribution is -0.0328. The van der Waals surface area contributed by atoms with Crippen LogP contribution in [0.1, 0.15) is 22.8 Å². The summed E-state index contributed by atoms with van der Waals surface area (Å²) in [6.07, 6.45) is -0.0676. The van der Waals surface area contributed by atoms with Crippen LogP contribution in [0.5, 0.6) is 5.75 Å². The second-order valence-corrected chi connectivity index (χ2v) is 8.47. The van der Waals surface area contributed by atoms with Gasteiger partial charge in [-0.1, -0.05) is 77.3 Å². The Bertz CT molecular complexity index is 977. The lowest BCUT2D eigenvalue weighted by Crippen LogP contribution is -2.37. The highest BCUT2D eigenvalue weighted by Gasteiger charge is 2.24. The van der Waals surface area contributed by atoms with Crippen molar-refractivity contribution in [2.75, 3.05) is 19.7 Å². The van der Waals surface area contributed by atoms with Gasteiger partial charge in [0.05, 0.1) is 17.7 Å². The molecule has 1 aliphatic rings. The molecule has 0 saturated carbocycles. The molecule has 4 rings (SSSR count). The van der Waals surface area contributed by atoms with Gasteiger partial charge in [-0.2, -0.15) is 0 Å². The minimum Gasteiger partial charge on any atom is -0.489 e. The van der Waals surface area contributed by atoms with Gasteiger partial charge in [0.15, 0.2) is 0 Å². The average molecular weight is 463 g/mol. The van der Waals surface area contributed by atoms with Crippen molar-refractivity contribution in [3.05, 3.63) is 98.5 Å². The van der Waals surface area contributed by atoms with Crippen LogP contribution in [0.25, 0.3) is 0 Å². The van der Waals surface area contributed by atoms with Crippen molar-refractivity contribution in [1.29, 1.82) is 0 Å². The molecule has 0 bridgehead atoms. The van der Waals surface area contributed by atoms with E-state index in [9.17, 15) is 0 Å². The molecule has 1 fully saturated rings. The van der Waals surface area contributed by atoms with Gasteiger partial charge in [0.2, 0.25) is 0 Å². The normalized spacial score (nSPS) is 17.1. The van der Waals surface area contributed by atoms with Gasteiger partial charge < -0.3 is 9.47 Å². The third kappa shape index (κ3) is 5.29. The minimum absolute atomic E-state index is 0.0676. The molecule has 1 heterocycles. The van der Waals surface area contributed by atoms with Crippen molar-refractivity contribution in [1.82, 2.24) is 4.90 Å². The summed E-state index contributed by atoms with van der Waals surface area (Å²) in [6.45, 7) is 3.56. The van der Waals surface area contributed by atoms with E-state index >= 15 is 0 Å². The molecule has 0 radical (unpaired) electrons. The summed E-state index contributed by atoms with van der Waals surface area (Å²) in [7, 11) is 0. The lowest BCUT2D eigenvalue weighted by atomic mass is 10.1. The molecule has 3 aromatic rings. The summed E-state index contributed by atoms with van der Waals surface area (Å²) in [5.74, 6) is 0.664. The van der Waals surface area contributed by atoms with Crippen LogP contribution in [0.4, 0.5) is 0 Å². The van der Waals surface area contributed by atoms with Crippen LogP contribution >= 0.6 is 34.8 Å². The lowest BCUT2D eigenvalue weighted by Gasteiger charge is -2.33. The molecule has 1 atom stereocenters. The first-order chi connectivity index (χ1) is 14.6. The van der Waals surface area contributed by atoms with Crippen LogP contribution in [0.3, 0.4) is 0 Å². The predicted molar refractivity (Wildman–Crippen MR) is 123 cm³/mol. The van der Waals surface area contributed by atoms with Gasteiger partial charge in [-0.15, -0.1) is 0 Å². The van der Waals surface area contributed by atoms with E-state index < -0.39 is 0 Å². The summed E-state index contributed by atoms with van der Waals surface area (Å²) >= 11 is 19.0. The fourth-order valence-electron chi connectivity index (χ4n) is 3.56. The Morgan fingerprint density at radius 2 is 1.67 bits per heavy atom. The highest BCUT2D eigenvalue weighted by Crippen LogP contribution is 2.33. The van der Waals surface area contributed by atoms with E-state index in [1.807, 2.05) is 30.3 Å². The van der Waals surface area contributed by atoms with Crippen molar-refractivity contribution in [3.8, 4) is 5.75 Å². The Morgan fingerprint density at radius 3 is 2.40 bits per heavy atom. The quantitative estimate of drug-likeness (QED) is 0.402. The Morgan fingerprint density at radius 1 is 0.900 bits per heavy atom. The number of halogens is 3. The first-order valence-corrected chi connectivity index (χ1v) is 11.0. The summed E-state index contributed by atoms with van der Waals surface area (Å²) in [5, 5.41) is 1.79. The number of rotatable bonds is 6. The molecule has 3 aromatic carbocycles. The maximum Gasteiger partial charge on any atom is 0.121 e. The van der Waals surface area contributed by atoms with E-state index in [1.165, 1.54) is 5.56 Å². The monoisotopic (exact) mass is 461 g/mol. The molecular formula is C24H22Cl3NO2. The topological polar surface area (TPSA) is 21.7 Å². The standard InChI is InChI=1S/C24H22Cl3NO2/c25-21-7-4-8-22(26)20(21)16-30-18-9-10-19(23(27)13-18)24-15-28(11-12-29-24)14-17-5-2-1-3-6-17/h1-10,13,24H,11-12,14-16H2. The molecule has 1 aliphatic heterocycles. The van der Waals surface area contributed by atoms with Gasteiger partial charge in [0.25, 0.3) is 0 Å². The first-order valence-electron chi connectivity index (χ1n) is 9.83. The molecule has 30 heavy (non-hydrogen) atoms. The smallest absolute Gasteiger partial charge is 0.121 e. The molecule has 0 aliphatic carbocycles. The minimum atomic E-state index is -0.0676. The molecule has 0 amide bonds. The number of morpholine rings is 1. The van der Waals surface area contributed by atoms with E-state index in [0.29, 0.717) is 27.4 Å². The fraction of sp³-hybridized carbons (Fsp3) is 0.250. The first kappa shape index (κ1) is 21.5. The van der Waals surface area contributed by atoms with Gasteiger partial charge in [0, 0.05) is 40.8 Å². The fourth-order valence-corrected chi connectivity index (χ4v) is 4.36. The van der Waals surface area contributed by atoms with Crippen LogP contribution < -0.4 is 4.74 Å². The zero-order chi connectivity index (χ0) is 20.9. The van der Waals surface area contributed by atoms with Crippen molar-refractivity contribution in [3.63, 3.8) is 0 Å². The maximum absolute atomic E-state index is 6.58. The Hall–Kier alpha value is -1.75. The van der Waals surface area contributed by atoms with Crippen molar-refractivity contribution >= 4 is 34.8 Å². The van der Waals surface area contributed by atoms with Crippen molar-refractivity contribution < 1.29 is 9.47 Å². The van der Waals surface area contributed by atoms with Gasteiger partial charge in [-0.3, -0.25) is 4.90 Å². The molecule has 6 heteroatoms. The molecule has 3 nitrogen and oxygen atoms in total. The zero-order valence-corrected chi connectivity index (χ0v) is 18.6. The number of ether oxygens (including phenoxy) is 2. The Kier molecular flexibility index (Phi) is 7.19. The summed E-state index contributed by atoms with van der Waals surface area (Å²) in [4.78, 5) is 2.39. The number of hydrogen-bond acceptors (Lipinski definition) is 3. The summed E-state index contributed by atoms with van der Waals surface area (Å²) in [5.41, 5.74) is 3.02. The number of nitrogens with zero attached hydrogens (tertiary/aromatic N) is 1. The van der Waals surface area contributed by atoms with E-state index in [-0.39, 0.29) is 12.7 Å². The zero-order valence-electron chi connectivity index (χ0n) is 16.4. The second kappa shape index (κ2) is 10.0. The largest absolute Gasteiger partial charge is 0.489 e. The van der Waals surface area contributed by atoms with Crippen molar-refractivity contribution in [2.45, 2.75) is 19.3 Å². The van der Waals surface area contributed by atoms with Gasteiger partial charge in [-0.05, 0) is 29.8 Å². The van der Waals surface area contributed by atoms with Gasteiger partial charge >= 0.3 is 0 Å². The van der Waals surface area contributed by atoms with E-state index in [0.717, 1.165) is 30.8 Å². The van der Waals surface area contributed by atoms with E-state index in [1.54, 1.807) is 12.1 Å². The molecule has 0 N–H and O–H groups in total. The molecule has 0 spiro atoms. The molecule has 1 unspecified atom stereocenters. The van der Waals surface area contributed by atoms with Crippen LogP contribution in [-0.2, 0) is 17.9 Å². The van der Waals surface area contributed by atoms with Crippen LogP contribution in [0.2, 0.25) is 15.1 Å². The molecule has 1 saturated heterocycles. The van der Waals surface area contributed by atoms with Gasteiger partial charge in [0.1, 0.15) is 12.4 Å². The third-order valence-corrected chi connectivity index (χ3v) is 6.20. The predicted octanol–water partition coefficient (Wildman–Crippen LogP) is 6.80. The van der Waals surface area contributed by atoms with Crippen molar-refractivity contribution in [2.24, 2.45) is 0 Å². The second-order valence-electron chi connectivity index (χ2n) is 7.25. The third-order valence-electron chi connectivity index (χ3n) is 5.16. The molecular weight excluding hydrogens is 441 g/mol. The Labute approximate surface area is 192 Å². The van der Waals surface area contributed by atoms with Crippen LogP contribution in [-0.4, -0.2) is 24.6 Å². The summed E-state index contributed by atoms with van der Waals surface area (Å²) in [6, 6.07) is 21.6. The van der Waals surface area contributed by atoms with Crippen LogP contribution in [0.15, 0.2) is 66.7 Å². The SMILES string of the molecule is Clc1cc(OCc2c(Cl)cccc2Cl)ccc1C1CN(Cc2ccccc2)CCO1. The highest BCUT2D eigenvalue weighted by atomic mass is 35.5. The number of benzene rings is 3. The van der Waals surface area contributed by atoms with Crippen LogP contribution in [0, 0.1) is 0 Å². The average Bonchev–Trinajstić information content (AvgIpc) is 2.74. The molecule has 156 valence electrons. The Balaban J connectivity index is 1.41. The summed E-state index contributed by atoms with van der Waals surface area (Å²) < 4.78 is 11.9. The van der Waals surface area contributed by atoms with Gasteiger partial charge in [-0.25, -0.2) is 0 Å². The maximum atomic E-state index is 6.58. The molecule has 0 aromatic heterocycles. The van der Waals surface area contributed by atoms with E-state index in [4.69, 9.17) is 44.3 Å². The van der Waals surface area contributed by atoms with E-state index in [2.05, 4.69) is 29.2 Å².